The Kier molecular flexibility index (Phi) is 8.64. The Labute approximate surface area is 127 Å². The first-order chi connectivity index (χ1) is 9.73. The lowest BCUT2D eigenvalue weighted by Gasteiger charge is -2.10. The van der Waals surface area contributed by atoms with Crippen LogP contribution in [0.2, 0.25) is 0 Å². The van der Waals surface area contributed by atoms with E-state index in [-0.39, 0.29) is 6.54 Å². The second-order valence-electron chi connectivity index (χ2n) is 4.62. The van der Waals surface area contributed by atoms with Gasteiger partial charge in [0.15, 0.2) is 5.25 Å². The summed E-state index contributed by atoms with van der Waals surface area (Å²) < 4.78 is 22.2. The molecule has 0 aliphatic rings. The van der Waals surface area contributed by atoms with E-state index in [1.54, 1.807) is 12.3 Å². The van der Waals surface area contributed by atoms with Crippen LogP contribution >= 0.6 is 0 Å². The lowest BCUT2D eigenvalue weighted by molar-refractivity contribution is -0.117. The molecule has 21 heavy (non-hydrogen) atoms. The Morgan fingerprint density at radius 2 is 1.86 bits per heavy atom. The molecular weight excluding hydrogens is 290 g/mol. The van der Waals surface area contributed by atoms with Crippen molar-refractivity contribution in [2.75, 3.05) is 6.54 Å². The molecule has 1 atom stereocenters. The molecule has 0 radical (unpaired) electrons. The molecule has 0 aromatic rings. The van der Waals surface area contributed by atoms with Gasteiger partial charge in [-0.05, 0) is 37.6 Å². The normalized spacial score (nSPS) is 15.2. The molecule has 0 rings (SSSR count). The summed E-state index contributed by atoms with van der Waals surface area (Å²) in [6.45, 7) is 6.13. The van der Waals surface area contributed by atoms with E-state index in [1.807, 2.05) is 12.2 Å². The van der Waals surface area contributed by atoms with E-state index in [2.05, 4.69) is 26.1 Å². The van der Waals surface area contributed by atoms with Crippen LogP contribution in [0.4, 0.5) is 0 Å². The van der Waals surface area contributed by atoms with Gasteiger partial charge in [0.05, 0.1) is 0 Å². The van der Waals surface area contributed by atoms with Gasteiger partial charge >= 0.3 is 0 Å². The van der Waals surface area contributed by atoms with Crippen LogP contribution in [0, 0.1) is 0 Å². The van der Waals surface area contributed by atoms with Crippen molar-refractivity contribution in [3.63, 3.8) is 0 Å². The van der Waals surface area contributed by atoms with E-state index >= 15 is 0 Å². The summed E-state index contributed by atoms with van der Waals surface area (Å²) in [4.78, 5) is 11.0. The molecule has 0 heterocycles. The number of sulfonamides is 1. The monoisotopic (exact) mass is 315 g/mol. The molecule has 1 amide bonds. The SMILES string of the molecule is CC/C(C)=C(/C=C\C=C\NCC(C(N)=O)S(N)(=O)=O)CC. The topological polar surface area (TPSA) is 115 Å². The molecule has 6 nitrogen and oxygen atoms in total. The summed E-state index contributed by atoms with van der Waals surface area (Å²) in [5.74, 6) is -0.969. The Hall–Kier alpha value is -1.60. The first-order valence-corrected chi connectivity index (χ1v) is 8.41. The molecule has 120 valence electrons. The van der Waals surface area contributed by atoms with E-state index < -0.39 is 21.2 Å². The molecule has 0 aromatic heterocycles. The maximum atomic E-state index is 11.1. The van der Waals surface area contributed by atoms with Crippen molar-refractivity contribution >= 4 is 15.9 Å². The number of primary sulfonamides is 1. The molecule has 0 aromatic carbocycles. The highest BCUT2D eigenvalue weighted by atomic mass is 32.2. The lowest BCUT2D eigenvalue weighted by Crippen LogP contribution is -2.45. The van der Waals surface area contributed by atoms with Crippen molar-refractivity contribution in [3.8, 4) is 0 Å². The summed E-state index contributed by atoms with van der Waals surface area (Å²) >= 11 is 0. The summed E-state index contributed by atoms with van der Waals surface area (Å²) in [6.07, 6.45) is 9.08. The first-order valence-electron chi connectivity index (χ1n) is 6.80. The third kappa shape index (κ3) is 7.67. The van der Waals surface area contributed by atoms with Crippen molar-refractivity contribution in [2.24, 2.45) is 10.9 Å². The van der Waals surface area contributed by atoms with Gasteiger partial charge in [-0.1, -0.05) is 31.6 Å². The molecule has 0 aliphatic heterocycles. The van der Waals surface area contributed by atoms with E-state index in [4.69, 9.17) is 10.9 Å². The average molecular weight is 315 g/mol. The standard InChI is InChI=1S/C14H25N3O3S/c1-4-11(3)12(5-2)8-6-7-9-17-10-13(14(15)18)21(16,19)20/h6-9,13,17H,4-5,10H2,1-3H3,(H2,15,18)(H2,16,19,20)/b8-6-,9-7+,12-11+. The first kappa shape index (κ1) is 19.4. The molecule has 7 heteroatoms. The zero-order valence-corrected chi connectivity index (χ0v) is 13.6. The minimum atomic E-state index is -3.99. The van der Waals surface area contributed by atoms with Gasteiger partial charge in [-0.25, -0.2) is 13.6 Å². The van der Waals surface area contributed by atoms with Gasteiger partial charge < -0.3 is 11.1 Å². The number of nitrogens with two attached hydrogens (primary N) is 2. The number of amides is 1. The minimum absolute atomic E-state index is 0.150. The average Bonchev–Trinajstić information content (AvgIpc) is 2.39. The summed E-state index contributed by atoms with van der Waals surface area (Å²) in [6, 6.07) is 0. The van der Waals surface area contributed by atoms with Gasteiger partial charge in [-0.3, -0.25) is 4.79 Å². The van der Waals surface area contributed by atoms with E-state index in [0.717, 1.165) is 12.8 Å². The predicted octanol–water partition coefficient (Wildman–Crippen LogP) is 0.925. The van der Waals surface area contributed by atoms with Crippen LogP contribution in [0.1, 0.15) is 33.6 Å². The minimum Gasteiger partial charge on any atom is -0.389 e. The lowest BCUT2D eigenvalue weighted by atomic mass is 10.0. The van der Waals surface area contributed by atoms with Crippen molar-refractivity contribution in [1.82, 2.24) is 5.32 Å². The van der Waals surface area contributed by atoms with Gasteiger partial charge in [0.25, 0.3) is 0 Å². The fraction of sp³-hybridized carbons (Fsp3) is 0.500. The van der Waals surface area contributed by atoms with Crippen LogP contribution in [0.5, 0.6) is 0 Å². The summed E-state index contributed by atoms with van der Waals surface area (Å²) in [7, 11) is -3.99. The number of allylic oxidation sites excluding steroid dienone is 5. The van der Waals surface area contributed by atoms with Crippen LogP contribution in [0.3, 0.4) is 0 Å². The second-order valence-corrected chi connectivity index (χ2v) is 6.37. The Morgan fingerprint density at radius 1 is 1.24 bits per heavy atom. The van der Waals surface area contributed by atoms with Gasteiger partial charge in [-0.2, -0.15) is 0 Å². The Balaban J connectivity index is 4.51. The van der Waals surface area contributed by atoms with Crippen molar-refractivity contribution < 1.29 is 13.2 Å². The number of nitrogens with one attached hydrogen (secondary N) is 1. The van der Waals surface area contributed by atoms with Crippen LogP contribution in [-0.4, -0.2) is 26.1 Å². The highest BCUT2D eigenvalue weighted by Crippen LogP contribution is 2.12. The number of carbonyl (C=O) groups excluding carboxylic acids is 1. The molecule has 0 saturated carbocycles. The van der Waals surface area contributed by atoms with Crippen LogP contribution in [0.15, 0.2) is 35.6 Å². The fourth-order valence-corrected chi connectivity index (χ4v) is 2.29. The smallest absolute Gasteiger partial charge is 0.239 e. The van der Waals surface area contributed by atoms with Gasteiger partial charge in [0, 0.05) is 6.54 Å². The highest BCUT2D eigenvalue weighted by Gasteiger charge is 2.26. The van der Waals surface area contributed by atoms with Crippen LogP contribution < -0.4 is 16.2 Å². The maximum Gasteiger partial charge on any atom is 0.239 e. The molecule has 5 N–H and O–H groups in total. The quantitative estimate of drug-likeness (QED) is 0.549. The third-order valence-corrected chi connectivity index (χ3v) is 4.29. The number of hydrogen-bond acceptors (Lipinski definition) is 4. The van der Waals surface area contributed by atoms with Crippen molar-refractivity contribution in [2.45, 2.75) is 38.9 Å². The number of rotatable bonds is 9. The zero-order chi connectivity index (χ0) is 16.5. The molecule has 0 spiro atoms. The molecule has 1 unspecified atom stereocenters. The fourth-order valence-electron chi connectivity index (χ4n) is 1.64. The maximum absolute atomic E-state index is 11.1. The summed E-state index contributed by atoms with van der Waals surface area (Å²) in [5.41, 5.74) is 7.58. The third-order valence-electron chi connectivity index (χ3n) is 3.10. The number of hydrogen-bond donors (Lipinski definition) is 3. The van der Waals surface area contributed by atoms with E-state index in [9.17, 15) is 13.2 Å². The second kappa shape index (κ2) is 9.36. The molecule has 0 saturated heterocycles. The van der Waals surface area contributed by atoms with E-state index in [0.29, 0.717) is 0 Å². The largest absolute Gasteiger partial charge is 0.389 e. The van der Waals surface area contributed by atoms with Crippen molar-refractivity contribution in [1.29, 1.82) is 0 Å². The summed E-state index contributed by atoms with van der Waals surface area (Å²) in [5, 5.41) is 6.18. The van der Waals surface area contributed by atoms with Gasteiger partial charge in [0.2, 0.25) is 15.9 Å². The highest BCUT2D eigenvalue weighted by molar-refractivity contribution is 7.90. The Morgan fingerprint density at radius 3 is 2.29 bits per heavy atom. The molecule has 0 fully saturated rings. The zero-order valence-electron chi connectivity index (χ0n) is 12.8. The van der Waals surface area contributed by atoms with Gasteiger partial charge in [0.1, 0.15) is 0 Å². The number of carbonyl (C=O) groups is 1. The van der Waals surface area contributed by atoms with Gasteiger partial charge in [-0.15, -0.1) is 0 Å². The van der Waals surface area contributed by atoms with Crippen LogP contribution in [0.25, 0.3) is 0 Å². The molecule has 0 bridgehead atoms. The van der Waals surface area contributed by atoms with Crippen molar-refractivity contribution in [3.05, 3.63) is 35.6 Å². The molecule has 0 aliphatic carbocycles. The van der Waals surface area contributed by atoms with E-state index in [1.165, 1.54) is 11.1 Å². The number of primary amides is 1. The Bertz CT molecular complexity index is 534. The predicted molar refractivity (Wildman–Crippen MR) is 85.7 cm³/mol. The molecular formula is C14H25N3O3S. The van der Waals surface area contributed by atoms with Crippen LogP contribution in [-0.2, 0) is 14.8 Å².